The molecule has 0 saturated carbocycles. The van der Waals surface area contributed by atoms with E-state index in [1.54, 1.807) is 48.5 Å². The number of rotatable bonds is 8. The van der Waals surface area contributed by atoms with Crippen molar-refractivity contribution in [2.24, 2.45) is 0 Å². The first kappa shape index (κ1) is 23.5. The van der Waals surface area contributed by atoms with Gasteiger partial charge in [-0.2, -0.15) is 8.42 Å². The molecule has 1 aromatic heterocycles. The lowest BCUT2D eigenvalue weighted by Crippen LogP contribution is -2.30. The maximum Gasteiger partial charge on any atom is 0.339 e. The van der Waals surface area contributed by atoms with Crippen LogP contribution in [0.25, 0.3) is 0 Å². The Morgan fingerprint density at radius 1 is 0.941 bits per heavy atom. The zero-order valence-corrected chi connectivity index (χ0v) is 19.3. The van der Waals surface area contributed by atoms with Crippen molar-refractivity contribution in [1.82, 2.24) is 4.90 Å². The Bertz CT molecular complexity index is 1390. The SMILES string of the molecule is O=C(c1ccccc1Cl)N(Cc1cccc(OS(=O)(=O)c2ccc(F)cc2)c1)Cc1ccco1. The number of hydrogen-bond donors (Lipinski definition) is 0. The Balaban J connectivity index is 1.58. The summed E-state index contributed by atoms with van der Waals surface area (Å²) in [6.45, 7) is 0.314. The molecule has 0 atom stereocenters. The van der Waals surface area contributed by atoms with E-state index in [9.17, 15) is 17.6 Å². The first-order valence-corrected chi connectivity index (χ1v) is 12.0. The Morgan fingerprint density at radius 2 is 1.71 bits per heavy atom. The van der Waals surface area contributed by atoms with Gasteiger partial charge in [-0.05, 0) is 66.2 Å². The Labute approximate surface area is 201 Å². The monoisotopic (exact) mass is 499 g/mol. The highest BCUT2D eigenvalue weighted by molar-refractivity contribution is 7.87. The molecular weight excluding hydrogens is 481 g/mol. The summed E-state index contributed by atoms with van der Waals surface area (Å²) in [5, 5.41) is 0.319. The molecule has 0 aliphatic heterocycles. The molecule has 9 heteroatoms. The normalized spacial score (nSPS) is 11.2. The summed E-state index contributed by atoms with van der Waals surface area (Å²) in [7, 11) is -4.16. The molecule has 0 aliphatic carbocycles. The number of carbonyl (C=O) groups excluding carboxylic acids is 1. The molecular formula is C25H19ClFNO5S. The smallest absolute Gasteiger partial charge is 0.339 e. The molecule has 0 bridgehead atoms. The molecule has 0 N–H and O–H groups in total. The lowest BCUT2D eigenvalue weighted by Gasteiger charge is -2.23. The van der Waals surface area contributed by atoms with Gasteiger partial charge >= 0.3 is 10.1 Å². The highest BCUT2D eigenvalue weighted by atomic mass is 35.5. The van der Waals surface area contributed by atoms with Crippen LogP contribution in [-0.2, 0) is 23.2 Å². The van der Waals surface area contributed by atoms with Crippen LogP contribution in [0.4, 0.5) is 4.39 Å². The molecule has 0 radical (unpaired) electrons. The van der Waals surface area contributed by atoms with Crippen LogP contribution >= 0.6 is 11.6 Å². The summed E-state index contributed by atoms with van der Waals surface area (Å²) in [5.41, 5.74) is 0.959. The zero-order valence-electron chi connectivity index (χ0n) is 17.7. The van der Waals surface area contributed by atoms with Crippen molar-refractivity contribution in [3.05, 3.63) is 119 Å². The van der Waals surface area contributed by atoms with Crippen LogP contribution in [0.15, 0.2) is 101 Å². The number of carbonyl (C=O) groups is 1. The van der Waals surface area contributed by atoms with E-state index in [4.69, 9.17) is 20.2 Å². The summed E-state index contributed by atoms with van der Waals surface area (Å²) in [4.78, 5) is 14.6. The molecule has 0 unspecified atom stereocenters. The van der Waals surface area contributed by atoms with Gasteiger partial charge in [0.15, 0.2) is 0 Å². The van der Waals surface area contributed by atoms with Crippen molar-refractivity contribution in [2.45, 2.75) is 18.0 Å². The highest BCUT2D eigenvalue weighted by Crippen LogP contribution is 2.24. The summed E-state index contributed by atoms with van der Waals surface area (Å²) in [5.74, 6) is -0.232. The van der Waals surface area contributed by atoms with Gasteiger partial charge in [0.25, 0.3) is 5.91 Å². The number of nitrogens with zero attached hydrogens (tertiary/aromatic N) is 1. The van der Waals surface area contributed by atoms with Crippen LogP contribution in [0.3, 0.4) is 0 Å². The molecule has 4 aromatic rings. The third-order valence-electron chi connectivity index (χ3n) is 4.90. The first-order valence-electron chi connectivity index (χ1n) is 10.2. The Hall–Kier alpha value is -3.62. The topological polar surface area (TPSA) is 76.8 Å². The largest absolute Gasteiger partial charge is 0.467 e. The second-order valence-corrected chi connectivity index (χ2v) is 9.31. The Kier molecular flexibility index (Phi) is 7.00. The molecule has 1 amide bonds. The average Bonchev–Trinajstić information content (AvgIpc) is 3.32. The fraction of sp³-hybridized carbons (Fsp3) is 0.0800. The standard InChI is InChI=1S/C25H19ClFNO5S/c26-24-9-2-1-8-23(24)25(29)28(17-21-7-4-14-32-21)16-18-5-3-6-20(15-18)33-34(30,31)22-12-10-19(27)11-13-22/h1-15H,16-17H2. The van der Waals surface area contributed by atoms with Gasteiger partial charge in [-0.15, -0.1) is 0 Å². The summed E-state index contributed by atoms with van der Waals surface area (Å²) in [6, 6.07) is 20.9. The van der Waals surface area contributed by atoms with E-state index in [0.717, 1.165) is 24.3 Å². The van der Waals surface area contributed by atoms with Crippen LogP contribution in [-0.4, -0.2) is 19.2 Å². The summed E-state index contributed by atoms with van der Waals surface area (Å²) in [6.07, 6.45) is 1.52. The number of amides is 1. The van der Waals surface area contributed by atoms with E-state index < -0.39 is 15.9 Å². The van der Waals surface area contributed by atoms with Crippen LogP contribution < -0.4 is 4.18 Å². The molecule has 0 fully saturated rings. The molecule has 3 aromatic carbocycles. The predicted octanol–water partition coefficient (Wildman–Crippen LogP) is 5.68. The van der Waals surface area contributed by atoms with E-state index in [-0.39, 0.29) is 29.6 Å². The van der Waals surface area contributed by atoms with Crippen molar-refractivity contribution in [3.8, 4) is 5.75 Å². The molecule has 1 heterocycles. The molecule has 0 spiro atoms. The Morgan fingerprint density at radius 3 is 2.41 bits per heavy atom. The van der Waals surface area contributed by atoms with Gasteiger partial charge in [-0.25, -0.2) is 4.39 Å². The second kappa shape index (κ2) is 10.1. The van der Waals surface area contributed by atoms with Gasteiger partial charge in [0.1, 0.15) is 22.2 Å². The van der Waals surface area contributed by atoms with E-state index in [0.29, 0.717) is 21.9 Å². The van der Waals surface area contributed by atoms with Gasteiger partial charge in [0.05, 0.1) is 23.4 Å². The molecule has 6 nitrogen and oxygen atoms in total. The lowest BCUT2D eigenvalue weighted by molar-refractivity contribution is 0.0717. The molecule has 4 rings (SSSR count). The van der Waals surface area contributed by atoms with E-state index >= 15 is 0 Å². The van der Waals surface area contributed by atoms with Crippen molar-refractivity contribution in [2.75, 3.05) is 0 Å². The van der Waals surface area contributed by atoms with Gasteiger partial charge in [-0.1, -0.05) is 35.9 Å². The van der Waals surface area contributed by atoms with Crippen molar-refractivity contribution in [3.63, 3.8) is 0 Å². The average molecular weight is 500 g/mol. The maximum atomic E-state index is 13.3. The summed E-state index contributed by atoms with van der Waals surface area (Å²) < 4.78 is 48.9. The van der Waals surface area contributed by atoms with Gasteiger partial charge in [0, 0.05) is 6.54 Å². The number of furan rings is 1. The van der Waals surface area contributed by atoms with Crippen molar-refractivity contribution < 1.29 is 26.2 Å². The molecule has 174 valence electrons. The van der Waals surface area contributed by atoms with E-state index in [2.05, 4.69) is 0 Å². The number of hydrogen-bond acceptors (Lipinski definition) is 5. The predicted molar refractivity (Wildman–Crippen MR) is 124 cm³/mol. The number of benzene rings is 3. The van der Waals surface area contributed by atoms with Crippen LogP contribution in [0.2, 0.25) is 5.02 Å². The van der Waals surface area contributed by atoms with Gasteiger partial charge in [0.2, 0.25) is 0 Å². The van der Waals surface area contributed by atoms with E-state index in [1.807, 2.05) is 0 Å². The van der Waals surface area contributed by atoms with Crippen LogP contribution in [0.5, 0.6) is 5.75 Å². The quantitative estimate of drug-likeness (QED) is 0.291. The van der Waals surface area contributed by atoms with Gasteiger partial charge in [-0.3, -0.25) is 4.79 Å². The minimum absolute atomic E-state index is 0.0602. The van der Waals surface area contributed by atoms with Crippen molar-refractivity contribution in [1.29, 1.82) is 0 Å². The van der Waals surface area contributed by atoms with Crippen LogP contribution in [0.1, 0.15) is 21.7 Å². The lowest BCUT2D eigenvalue weighted by atomic mass is 10.1. The first-order chi connectivity index (χ1) is 16.3. The minimum Gasteiger partial charge on any atom is -0.467 e. The fourth-order valence-electron chi connectivity index (χ4n) is 3.29. The van der Waals surface area contributed by atoms with Crippen molar-refractivity contribution >= 4 is 27.6 Å². The second-order valence-electron chi connectivity index (χ2n) is 7.36. The van der Waals surface area contributed by atoms with E-state index in [1.165, 1.54) is 23.3 Å². The summed E-state index contributed by atoms with van der Waals surface area (Å²) >= 11 is 6.23. The fourth-order valence-corrected chi connectivity index (χ4v) is 4.43. The zero-order chi connectivity index (χ0) is 24.1. The maximum absolute atomic E-state index is 13.3. The van der Waals surface area contributed by atoms with Gasteiger partial charge < -0.3 is 13.5 Å². The molecule has 0 aliphatic rings. The third kappa shape index (κ3) is 5.65. The molecule has 0 saturated heterocycles. The highest BCUT2D eigenvalue weighted by Gasteiger charge is 2.21. The minimum atomic E-state index is -4.16. The van der Waals surface area contributed by atoms with Crippen LogP contribution in [0, 0.1) is 5.82 Å². The third-order valence-corrected chi connectivity index (χ3v) is 6.49. The molecule has 34 heavy (non-hydrogen) atoms. The number of halogens is 2.